The second-order valence-corrected chi connectivity index (χ2v) is 5.00. The van der Waals surface area contributed by atoms with E-state index in [1.165, 1.54) is 11.6 Å². The predicted molar refractivity (Wildman–Crippen MR) is 88.8 cm³/mol. The Labute approximate surface area is 135 Å². The maximum absolute atomic E-state index is 12.1. The zero-order valence-electron chi connectivity index (χ0n) is 12.9. The third kappa shape index (κ3) is 5.11. The number of allylic oxidation sites excluding steroid dienone is 1. The fraction of sp³-hybridized carbons (Fsp3) is 0.158. The summed E-state index contributed by atoms with van der Waals surface area (Å²) < 4.78 is 5.02. The smallest absolute Gasteiger partial charge is 0.341 e. The summed E-state index contributed by atoms with van der Waals surface area (Å²) in [5, 5.41) is 8.54. The average molecular weight is 310 g/mol. The summed E-state index contributed by atoms with van der Waals surface area (Å²) in [6.07, 6.45) is 4.28. The molecule has 0 saturated heterocycles. The maximum Gasteiger partial charge on any atom is 0.341 e. The Hall–Kier alpha value is -2.88. The highest BCUT2D eigenvalue weighted by Crippen LogP contribution is 2.14. The number of carboxylic acid groups (broad SMARTS) is 1. The van der Waals surface area contributed by atoms with Gasteiger partial charge in [0.05, 0.1) is 0 Å². The predicted octanol–water partition coefficient (Wildman–Crippen LogP) is 3.61. The Morgan fingerprint density at radius 2 is 1.70 bits per heavy atom. The number of aliphatic carboxylic acids is 1. The van der Waals surface area contributed by atoms with Crippen molar-refractivity contribution >= 4 is 17.8 Å². The first-order valence-corrected chi connectivity index (χ1v) is 7.34. The molecule has 0 fully saturated rings. The molecule has 0 spiro atoms. The molecule has 0 heterocycles. The zero-order valence-corrected chi connectivity index (χ0v) is 12.9. The molecule has 0 radical (unpaired) electrons. The van der Waals surface area contributed by atoms with E-state index >= 15 is 0 Å². The van der Waals surface area contributed by atoms with Crippen LogP contribution in [0.3, 0.4) is 0 Å². The van der Waals surface area contributed by atoms with Crippen LogP contribution >= 0.6 is 0 Å². The topological polar surface area (TPSA) is 63.6 Å². The normalized spacial score (nSPS) is 10.7. The van der Waals surface area contributed by atoms with Gasteiger partial charge in [0.2, 0.25) is 0 Å². The number of ketones is 1. The number of hydrogen-bond acceptors (Lipinski definition) is 3. The Morgan fingerprint density at radius 3 is 2.26 bits per heavy atom. The van der Waals surface area contributed by atoms with Gasteiger partial charge in [-0.25, -0.2) is 4.79 Å². The van der Waals surface area contributed by atoms with Gasteiger partial charge in [-0.1, -0.05) is 37.3 Å². The van der Waals surface area contributed by atoms with E-state index in [9.17, 15) is 9.59 Å². The lowest BCUT2D eigenvalue weighted by Gasteiger charge is -2.03. The molecule has 4 nitrogen and oxygen atoms in total. The number of carboxylic acids is 1. The van der Waals surface area contributed by atoms with Gasteiger partial charge in [0.1, 0.15) is 5.75 Å². The summed E-state index contributed by atoms with van der Waals surface area (Å²) in [6, 6.07) is 14.4. The van der Waals surface area contributed by atoms with E-state index in [-0.39, 0.29) is 5.78 Å². The summed E-state index contributed by atoms with van der Waals surface area (Å²) in [4.78, 5) is 22.5. The van der Waals surface area contributed by atoms with E-state index in [2.05, 4.69) is 6.92 Å². The van der Waals surface area contributed by atoms with Gasteiger partial charge in [0, 0.05) is 5.56 Å². The van der Waals surface area contributed by atoms with E-state index in [1.54, 1.807) is 30.3 Å². The minimum atomic E-state index is -1.04. The molecular formula is C19H18O4. The van der Waals surface area contributed by atoms with Crippen LogP contribution in [0.25, 0.3) is 6.08 Å². The molecule has 0 saturated carbocycles. The van der Waals surface area contributed by atoms with Crippen LogP contribution in [0, 0.1) is 0 Å². The summed E-state index contributed by atoms with van der Waals surface area (Å²) >= 11 is 0. The van der Waals surface area contributed by atoms with Crippen molar-refractivity contribution in [2.24, 2.45) is 0 Å². The van der Waals surface area contributed by atoms with E-state index < -0.39 is 12.6 Å². The molecule has 0 aliphatic heterocycles. The fourth-order valence-electron chi connectivity index (χ4n) is 1.99. The summed E-state index contributed by atoms with van der Waals surface area (Å²) in [7, 11) is 0. The van der Waals surface area contributed by atoms with Crippen molar-refractivity contribution in [1.29, 1.82) is 0 Å². The SMILES string of the molecule is CCc1ccc(/C=C/C(=O)c2ccc(OCC(=O)O)cc2)cc1. The number of aryl methyl sites for hydroxylation is 1. The molecule has 1 N–H and O–H groups in total. The lowest BCUT2D eigenvalue weighted by Crippen LogP contribution is -2.09. The molecule has 0 atom stereocenters. The van der Waals surface area contributed by atoms with Crippen LogP contribution in [0.15, 0.2) is 54.6 Å². The van der Waals surface area contributed by atoms with Crippen LogP contribution in [-0.4, -0.2) is 23.5 Å². The molecule has 0 aliphatic rings. The van der Waals surface area contributed by atoms with E-state index in [4.69, 9.17) is 9.84 Å². The van der Waals surface area contributed by atoms with Crippen molar-refractivity contribution in [2.75, 3.05) is 6.61 Å². The first-order chi connectivity index (χ1) is 11.1. The van der Waals surface area contributed by atoms with Gasteiger partial charge in [0.15, 0.2) is 12.4 Å². The Bertz CT molecular complexity index is 697. The number of carbonyl (C=O) groups excluding carboxylic acids is 1. The van der Waals surface area contributed by atoms with Crippen molar-refractivity contribution in [3.8, 4) is 5.75 Å². The number of benzene rings is 2. The number of carbonyl (C=O) groups is 2. The molecular weight excluding hydrogens is 292 g/mol. The second-order valence-electron chi connectivity index (χ2n) is 5.00. The molecule has 0 aromatic heterocycles. The maximum atomic E-state index is 12.1. The molecule has 0 unspecified atom stereocenters. The number of ether oxygens (including phenoxy) is 1. The van der Waals surface area contributed by atoms with Gasteiger partial charge >= 0.3 is 5.97 Å². The van der Waals surface area contributed by atoms with Crippen LogP contribution in [0.4, 0.5) is 0 Å². The van der Waals surface area contributed by atoms with Crippen molar-refractivity contribution in [3.05, 3.63) is 71.3 Å². The standard InChI is InChI=1S/C19H18O4/c1-2-14-3-5-15(6-4-14)7-12-18(20)16-8-10-17(11-9-16)23-13-19(21)22/h3-12H,2,13H2,1H3,(H,21,22)/b12-7+. The highest BCUT2D eigenvalue weighted by Gasteiger charge is 2.03. The summed E-state index contributed by atoms with van der Waals surface area (Å²) in [5.41, 5.74) is 2.75. The lowest BCUT2D eigenvalue weighted by molar-refractivity contribution is -0.139. The molecule has 0 aliphatic carbocycles. The van der Waals surface area contributed by atoms with Gasteiger partial charge < -0.3 is 9.84 Å². The third-order valence-corrected chi connectivity index (χ3v) is 3.32. The Morgan fingerprint density at radius 1 is 1.04 bits per heavy atom. The monoisotopic (exact) mass is 310 g/mol. The molecule has 2 aromatic rings. The van der Waals surface area contributed by atoms with Gasteiger partial charge in [0.25, 0.3) is 0 Å². The van der Waals surface area contributed by atoms with Gasteiger partial charge in [-0.2, -0.15) is 0 Å². The summed E-state index contributed by atoms with van der Waals surface area (Å²) in [6.45, 7) is 1.69. The molecule has 0 amide bonds. The minimum absolute atomic E-state index is 0.116. The van der Waals surface area contributed by atoms with Gasteiger partial charge in [-0.15, -0.1) is 0 Å². The van der Waals surface area contributed by atoms with Crippen molar-refractivity contribution in [3.63, 3.8) is 0 Å². The van der Waals surface area contributed by atoms with Crippen LogP contribution in [0.5, 0.6) is 5.75 Å². The third-order valence-electron chi connectivity index (χ3n) is 3.32. The van der Waals surface area contributed by atoms with E-state index in [0.717, 1.165) is 12.0 Å². The van der Waals surface area contributed by atoms with Gasteiger partial charge in [-0.05, 0) is 47.9 Å². The van der Waals surface area contributed by atoms with Gasteiger partial charge in [-0.3, -0.25) is 4.79 Å². The van der Waals surface area contributed by atoms with Crippen LogP contribution in [-0.2, 0) is 11.2 Å². The second kappa shape index (κ2) is 7.94. The summed E-state index contributed by atoms with van der Waals surface area (Å²) in [5.74, 6) is -0.736. The molecule has 23 heavy (non-hydrogen) atoms. The zero-order chi connectivity index (χ0) is 16.7. The lowest BCUT2D eigenvalue weighted by atomic mass is 10.1. The molecule has 0 bridgehead atoms. The van der Waals surface area contributed by atoms with Crippen molar-refractivity contribution in [2.45, 2.75) is 13.3 Å². The Balaban J connectivity index is 1.99. The van der Waals surface area contributed by atoms with E-state index in [1.807, 2.05) is 24.3 Å². The molecule has 2 aromatic carbocycles. The first-order valence-electron chi connectivity index (χ1n) is 7.34. The highest BCUT2D eigenvalue weighted by molar-refractivity contribution is 6.06. The molecule has 118 valence electrons. The van der Waals surface area contributed by atoms with Crippen molar-refractivity contribution < 1.29 is 19.4 Å². The molecule has 2 rings (SSSR count). The quantitative estimate of drug-likeness (QED) is 0.627. The first kappa shape index (κ1) is 16.5. The minimum Gasteiger partial charge on any atom is -0.482 e. The number of hydrogen-bond donors (Lipinski definition) is 1. The van der Waals surface area contributed by atoms with Crippen LogP contribution < -0.4 is 4.74 Å². The van der Waals surface area contributed by atoms with Crippen LogP contribution in [0.1, 0.15) is 28.4 Å². The largest absolute Gasteiger partial charge is 0.482 e. The van der Waals surface area contributed by atoms with E-state index in [0.29, 0.717) is 11.3 Å². The molecule has 4 heteroatoms. The van der Waals surface area contributed by atoms with Crippen LogP contribution in [0.2, 0.25) is 0 Å². The average Bonchev–Trinajstić information content (AvgIpc) is 2.58. The highest BCUT2D eigenvalue weighted by atomic mass is 16.5. The van der Waals surface area contributed by atoms with Crippen molar-refractivity contribution in [1.82, 2.24) is 0 Å². The fourth-order valence-corrected chi connectivity index (χ4v) is 1.99. The number of rotatable bonds is 7. The Kier molecular flexibility index (Phi) is 5.69.